The lowest BCUT2D eigenvalue weighted by Crippen LogP contribution is -2.37. The molecule has 0 radical (unpaired) electrons. The summed E-state index contributed by atoms with van der Waals surface area (Å²) in [6, 6.07) is 0. The molecule has 1 saturated heterocycles. The quantitative estimate of drug-likeness (QED) is 0.636. The van der Waals surface area contributed by atoms with Gasteiger partial charge in [-0.3, -0.25) is 0 Å². The molecule has 0 saturated carbocycles. The van der Waals surface area contributed by atoms with Crippen molar-refractivity contribution >= 4 is 0 Å². The van der Waals surface area contributed by atoms with Gasteiger partial charge in [-0.25, -0.2) is 0 Å². The van der Waals surface area contributed by atoms with Crippen LogP contribution in [0.5, 0.6) is 0 Å². The molecule has 0 aromatic rings. The zero-order chi connectivity index (χ0) is 8.81. The lowest BCUT2D eigenvalue weighted by atomic mass is 10.1. The molecule has 0 unspecified atom stereocenters. The highest BCUT2D eigenvalue weighted by Gasteiger charge is 2.13. The van der Waals surface area contributed by atoms with Crippen LogP contribution in [0, 0.1) is 0 Å². The fourth-order valence-corrected chi connectivity index (χ4v) is 1.72. The van der Waals surface area contributed by atoms with Crippen molar-refractivity contribution in [3.63, 3.8) is 0 Å². The Morgan fingerprint density at radius 3 is 2.50 bits per heavy atom. The maximum atomic E-state index is 9.48. The first-order valence-electron chi connectivity index (χ1n) is 4.93. The number of aliphatic hydroxyl groups excluding tert-OH is 1. The van der Waals surface area contributed by atoms with Crippen LogP contribution >= 0.6 is 0 Å². The second kappa shape index (κ2) is 5.51. The van der Waals surface area contributed by atoms with Gasteiger partial charge in [-0.1, -0.05) is 6.42 Å². The molecular weight excluding hydrogens is 152 g/mol. The number of rotatable bonds is 4. The second-order valence-electron chi connectivity index (χ2n) is 3.59. The first kappa shape index (κ1) is 9.96. The highest BCUT2D eigenvalue weighted by Crippen LogP contribution is 2.09. The molecule has 1 atom stereocenters. The van der Waals surface area contributed by atoms with E-state index in [2.05, 4.69) is 4.90 Å². The topological polar surface area (TPSA) is 49.5 Å². The fourth-order valence-electron chi connectivity index (χ4n) is 1.72. The van der Waals surface area contributed by atoms with Gasteiger partial charge in [-0.15, -0.1) is 0 Å². The van der Waals surface area contributed by atoms with Crippen LogP contribution in [-0.2, 0) is 0 Å². The van der Waals surface area contributed by atoms with E-state index in [0.29, 0.717) is 6.54 Å². The van der Waals surface area contributed by atoms with Crippen LogP contribution in [0.15, 0.2) is 0 Å². The van der Waals surface area contributed by atoms with Gasteiger partial charge in [0.05, 0.1) is 6.10 Å². The Hall–Kier alpha value is -0.120. The summed E-state index contributed by atoms with van der Waals surface area (Å²) in [5.74, 6) is 0. The van der Waals surface area contributed by atoms with Crippen LogP contribution in [0.1, 0.15) is 25.7 Å². The molecule has 3 heteroatoms. The van der Waals surface area contributed by atoms with Crippen LogP contribution in [0.4, 0.5) is 0 Å². The van der Waals surface area contributed by atoms with Crippen molar-refractivity contribution in [3.05, 3.63) is 0 Å². The van der Waals surface area contributed by atoms with Gasteiger partial charge in [0.25, 0.3) is 0 Å². The van der Waals surface area contributed by atoms with Crippen LogP contribution in [0.25, 0.3) is 0 Å². The van der Waals surface area contributed by atoms with Crippen LogP contribution in [0.2, 0.25) is 0 Å². The van der Waals surface area contributed by atoms with Crippen molar-refractivity contribution in [2.75, 3.05) is 26.2 Å². The predicted molar refractivity (Wildman–Crippen MR) is 50.0 cm³/mol. The fraction of sp³-hybridized carbons (Fsp3) is 1.00. The summed E-state index contributed by atoms with van der Waals surface area (Å²) in [5, 5.41) is 9.48. The van der Waals surface area contributed by atoms with E-state index in [1.54, 1.807) is 0 Å². The van der Waals surface area contributed by atoms with Gasteiger partial charge in [0.2, 0.25) is 0 Å². The summed E-state index contributed by atoms with van der Waals surface area (Å²) in [7, 11) is 0. The van der Waals surface area contributed by atoms with Gasteiger partial charge < -0.3 is 15.7 Å². The molecule has 1 heterocycles. The largest absolute Gasteiger partial charge is 0.392 e. The summed E-state index contributed by atoms with van der Waals surface area (Å²) in [6.07, 6.45) is 4.44. The van der Waals surface area contributed by atoms with Crippen molar-refractivity contribution in [2.45, 2.75) is 31.8 Å². The molecule has 0 bridgehead atoms. The molecule has 12 heavy (non-hydrogen) atoms. The molecule has 0 aromatic heterocycles. The van der Waals surface area contributed by atoms with Crippen molar-refractivity contribution < 1.29 is 5.11 Å². The van der Waals surface area contributed by atoms with Gasteiger partial charge >= 0.3 is 0 Å². The lowest BCUT2D eigenvalue weighted by Gasteiger charge is -2.28. The molecule has 0 aliphatic carbocycles. The van der Waals surface area contributed by atoms with E-state index in [0.717, 1.165) is 26.1 Å². The van der Waals surface area contributed by atoms with Crippen molar-refractivity contribution in [2.24, 2.45) is 5.73 Å². The summed E-state index contributed by atoms with van der Waals surface area (Å²) >= 11 is 0. The Balaban J connectivity index is 2.11. The van der Waals surface area contributed by atoms with Gasteiger partial charge in [0.1, 0.15) is 0 Å². The summed E-state index contributed by atoms with van der Waals surface area (Å²) in [4.78, 5) is 2.34. The monoisotopic (exact) mass is 172 g/mol. The van der Waals surface area contributed by atoms with Gasteiger partial charge in [0, 0.05) is 6.54 Å². The summed E-state index contributed by atoms with van der Waals surface area (Å²) in [6.45, 7) is 3.72. The summed E-state index contributed by atoms with van der Waals surface area (Å²) in [5.41, 5.74) is 5.36. The number of β-amino-alcohol motifs (C(OH)–C–C–N with tert-alkyl or cyclic N) is 1. The Morgan fingerprint density at radius 1 is 1.25 bits per heavy atom. The van der Waals surface area contributed by atoms with E-state index in [9.17, 15) is 5.11 Å². The number of aliphatic hydroxyl groups is 1. The number of likely N-dealkylation sites (tertiary alicyclic amines) is 1. The van der Waals surface area contributed by atoms with E-state index in [1.165, 1.54) is 19.3 Å². The summed E-state index contributed by atoms with van der Waals surface area (Å²) < 4.78 is 0. The van der Waals surface area contributed by atoms with Gasteiger partial charge in [0.15, 0.2) is 0 Å². The van der Waals surface area contributed by atoms with Crippen molar-refractivity contribution in [1.82, 2.24) is 4.90 Å². The van der Waals surface area contributed by atoms with E-state index in [1.807, 2.05) is 0 Å². The zero-order valence-corrected chi connectivity index (χ0v) is 7.71. The minimum atomic E-state index is -0.215. The van der Waals surface area contributed by atoms with Crippen LogP contribution < -0.4 is 5.73 Å². The number of nitrogens with two attached hydrogens (primary N) is 1. The van der Waals surface area contributed by atoms with Crippen LogP contribution in [-0.4, -0.2) is 42.3 Å². The average molecular weight is 172 g/mol. The minimum absolute atomic E-state index is 0.215. The minimum Gasteiger partial charge on any atom is -0.392 e. The smallest absolute Gasteiger partial charge is 0.0679 e. The molecule has 1 aliphatic rings. The molecule has 3 N–H and O–H groups in total. The lowest BCUT2D eigenvalue weighted by molar-refractivity contribution is 0.0965. The first-order chi connectivity index (χ1) is 5.83. The molecule has 1 rings (SSSR count). The maximum Gasteiger partial charge on any atom is 0.0679 e. The van der Waals surface area contributed by atoms with E-state index >= 15 is 0 Å². The standard InChI is InChI=1S/C9H20N2O/c10-5-4-9(12)8-11-6-2-1-3-7-11/h9,12H,1-8,10H2/t9-/m1/s1. The highest BCUT2D eigenvalue weighted by molar-refractivity contribution is 4.68. The number of hydrogen-bond donors (Lipinski definition) is 2. The van der Waals surface area contributed by atoms with E-state index in [-0.39, 0.29) is 6.10 Å². The Bertz CT molecular complexity index is 113. The number of hydrogen-bond acceptors (Lipinski definition) is 3. The zero-order valence-electron chi connectivity index (χ0n) is 7.71. The normalized spacial score (nSPS) is 22.5. The molecule has 3 nitrogen and oxygen atoms in total. The molecule has 0 amide bonds. The third-order valence-corrected chi connectivity index (χ3v) is 2.42. The maximum absolute atomic E-state index is 9.48. The van der Waals surface area contributed by atoms with Crippen molar-refractivity contribution in [3.8, 4) is 0 Å². The van der Waals surface area contributed by atoms with Gasteiger partial charge in [-0.05, 0) is 38.9 Å². The Kier molecular flexibility index (Phi) is 4.58. The second-order valence-corrected chi connectivity index (χ2v) is 3.59. The number of piperidine rings is 1. The third kappa shape index (κ3) is 3.52. The first-order valence-corrected chi connectivity index (χ1v) is 4.93. The van der Waals surface area contributed by atoms with Crippen molar-refractivity contribution in [1.29, 1.82) is 0 Å². The SMILES string of the molecule is NCC[C@@H](O)CN1CCCCC1. The van der Waals surface area contributed by atoms with Crippen LogP contribution in [0.3, 0.4) is 0 Å². The average Bonchev–Trinajstić information content (AvgIpc) is 2.06. The molecule has 72 valence electrons. The molecule has 0 spiro atoms. The Morgan fingerprint density at radius 2 is 1.92 bits per heavy atom. The molecule has 0 aromatic carbocycles. The predicted octanol–water partition coefficient (Wildman–Crippen LogP) is 0.182. The number of nitrogens with zero attached hydrogens (tertiary/aromatic N) is 1. The Labute approximate surface area is 74.5 Å². The van der Waals surface area contributed by atoms with Gasteiger partial charge in [-0.2, -0.15) is 0 Å². The highest BCUT2D eigenvalue weighted by atomic mass is 16.3. The van der Waals surface area contributed by atoms with E-state index in [4.69, 9.17) is 5.73 Å². The molecule has 1 aliphatic heterocycles. The molecule has 1 fully saturated rings. The van der Waals surface area contributed by atoms with E-state index < -0.39 is 0 Å². The molecular formula is C9H20N2O. The third-order valence-electron chi connectivity index (χ3n) is 2.42.